The van der Waals surface area contributed by atoms with Gasteiger partial charge in [-0.2, -0.15) is 0 Å². The molecule has 1 aliphatic rings. The topological polar surface area (TPSA) is 54.5 Å². The van der Waals surface area contributed by atoms with E-state index in [9.17, 15) is 13.2 Å². The molecule has 0 aromatic heterocycles. The van der Waals surface area contributed by atoms with Gasteiger partial charge in [-0.3, -0.25) is 4.79 Å². The molecule has 1 aromatic carbocycles. The van der Waals surface area contributed by atoms with Crippen LogP contribution in [0.4, 0.5) is 5.69 Å². The second kappa shape index (κ2) is 5.97. The van der Waals surface area contributed by atoms with Crippen LogP contribution in [0.5, 0.6) is 0 Å². The molecule has 2 rings (SSSR count). The molecule has 1 amide bonds. The summed E-state index contributed by atoms with van der Waals surface area (Å²) in [6, 6.07) is 6.99. The van der Waals surface area contributed by atoms with E-state index in [1.807, 2.05) is 31.2 Å². The van der Waals surface area contributed by atoms with Crippen LogP contribution in [0.1, 0.15) is 12.5 Å². The molecule has 4 nitrogen and oxygen atoms in total. The van der Waals surface area contributed by atoms with Gasteiger partial charge in [0, 0.05) is 11.1 Å². The summed E-state index contributed by atoms with van der Waals surface area (Å²) in [5, 5.41) is 1.17. The van der Waals surface area contributed by atoms with Crippen LogP contribution in [0.2, 0.25) is 0 Å². The standard InChI is InChI=1S/C14H16ClNO3S/c1-2-11-5-3-4-6-13(11)16(14(17)9-15)12-7-8-20(18,19)10-12/h3-8,12H,2,9-10H2,1H3/t12-/m1/s1. The number of benzene rings is 1. The van der Waals surface area contributed by atoms with Crippen molar-refractivity contribution < 1.29 is 13.2 Å². The van der Waals surface area contributed by atoms with Crippen LogP contribution in [-0.4, -0.2) is 32.0 Å². The highest BCUT2D eigenvalue weighted by atomic mass is 35.5. The van der Waals surface area contributed by atoms with Crippen LogP contribution < -0.4 is 4.90 Å². The van der Waals surface area contributed by atoms with Crippen molar-refractivity contribution in [1.82, 2.24) is 0 Å². The van der Waals surface area contributed by atoms with Crippen LogP contribution in [0.15, 0.2) is 35.7 Å². The van der Waals surface area contributed by atoms with Crippen LogP contribution >= 0.6 is 11.6 Å². The largest absolute Gasteiger partial charge is 0.303 e. The Morgan fingerprint density at radius 3 is 2.65 bits per heavy atom. The zero-order valence-corrected chi connectivity index (χ0v) is 12.7. The van der Waals surface area contributed by atoms with Crippen molar-refractivity contribution >= 4 is 33.0 Å². The number of rotatable bonds is 4. The van der Waals surface area contributed by atoms with Crippen molar-refractivity contribution in [3.8, 4) is 0 Å². The molecular formula is C14H16ClNO3S. The molecule has 0 saturated heterocycles. The highest BCUT2D eigenvalue weighted by Gasteiger charge is 2.31. The molecule has 1 heterocycles. The number of halogens is 1. The SMILES string of the molecule is CCc1ccccc1N(C(=O)CCl)[C@@H]1C=CS(=O)(=O)C1. The van der Waals surface area contributed by atoms with Crippen molar-refractivity contribution in [3.05, 3.63) is 41.3 Å². The lowest BCUT2D eigenvalue weighted by Crippen LogP contribution is -2.42. The third-order valence-corrected chi connectivity index (χ3v) is 4.86. The van der Waals surface area contributed by atoms with E-state index in [0.717, 1.165) is 17.7 Å². The monoisotopic (exact) mass is 313 g/mol. The third kappa shape index (κ3) is 3.04. The fourth-order valence-corrected chi connectivity index (χ4v) is 3.72. The number of carbonyl (C=O) groups is 1. The molecule has 0 saturated carbocycles. The molecule has 108 valence electrons. The fourth-order valence-electron chi connectivity index (χ4n) is 2.33. The minimum absolute atomic E-state index is 0.0896. The number of sulfone groups is 1. The summed E-state index contributed by atoms with van der Waals surface area (Å²) in [5.74, 6) is -0.560. The molecule has 0 N–H and O–H groups in total. The number of alkyl halides is 1. The van der Waals surface area contributed by atoms with E-state index >= 15 is 0 Å². The molecular weight excluding hydrogens is 298 g/mol. The van der Waals surface area contributed by atoms with E-state index in [-0.39, 0.29) is 17.5 Å². The van der Waals surface area contributed by atoms with Crippen molar-refractivity contribution in [2.45, 2.75) is 19.4 Å². The Hall–Kier alpha value is -1.33. The number of hydrogen-bond donors (Lipinski definition) is 0. The van der Waals surface area contributed by atoms with Gasteiger partial charge in [0.2, 0.25) is 5.91 Å². The average Bonchev–Trinajstić information content (AvgIpc) is 2.79. The van der Waals surface area contributed by atoms with Gasteiger partial charge in [0.15, 0.2) is 9.84 Å². The Morgan fingerprint density at radius 1 is 1.40 bits per heavy atom. The average molecular weight is 314 g/mol. The van der Waals surface area contributed by atoms with E-state index in [1.54, 1.807) is 6.08 Å². The van der Waals surface area contributed by atoms with Gasteiger partial charge in [0.25, 0.3) is 0 Å². The van der Waals surface area contributed by atoms with E-state index in [2.05, 4.69) is 0 Å². The summed E-state index contributed by atoms with van der Waals surface area (Å²) in [4.78, 5) is 13.6. The minimum Gasteiger partial charge on any atom is -0.303 e. The smallest absolute Gasteiger partial charge is 0.242 e. The van der Waals surface area contributed by atoms with Crippen LogP contribution in [0, 0.1) is 0 Å². The Kier molecular flexibility index (Phi) is 4.50. The lowest BCUT2D eigenvalue weighted by Gasteiger charge is -2.28. The Bertz CT molecular complexity index is 640. The molecule has 1 aromatic rings. The normalized spacial score (nSPS) is 20.0. The fraction of sp³-hybridized carbons (Fsp3) is 0.357. The molecule has 0 fully saturated rings. The second-order valence-corrected chi connectivity index (χ2v) is 6.80. The summed E-state index contributed by atoms with van der Waals surface area (Å²) in [5.41, 5.74) is 1.72. The number of hydrogen-bond acceptors (Lipinski definition) is 3. The first kappa shape index (κ1) is 15.1. The molecule has 1 aliphatic heterocycles. The first-order chi connectivity index (χ1) is 9.48. The minimum atomic E-state index is -3.23. The Labute approximate surface area is 124 Å². The maximum absolute atomic E-state index is 12.1. The first-order valence-corrected chi connectivity index (χ1v) is 8.60. The summed E-state index contributed by atoms with van der Waals surface area (Å²) in [6.45, 7) is 1.99. The van der Waals surface area contributed by atoms with Gasteiger partial charge < -0.3 is 4.90 Å². The van der Waals surface area contributed by atoms with Crippen molar-refractivity contribution in [1.29, 1.82) is 0 Å². The third-order valence-electron chi connectivity index (χ3n) is 3.26. The highest BCUT2D eigenvalue weighted by Crippen LogP contribution is 2.27. The number of carbonyl (C=O) groups excluding carboxylic acids is 1. The lowest BCUT2D eigenvalue weighted by molar-refractivity contribution is -0.116. The van der Waals surface area contributed by atoms with E-state index < -0.39 is 15.9 Å². The van der Waals surface area contributed by atoms with Gasteiger partial charge in [-0.15, -0.1) is 11.6 Å². The molecule has 6 heteroatoms. The lowest BCUT2D eigenvalue weighted by atomic mass is 10.1. The zero-order valence-electron chi connectivity index (χ0n) is 11.1. The molecule has 1 atom stereocenters. The Balaban J connectivity index is 2.44. The van der Waals surface area contributed by atoms with Gasteiger partial charge in [-0.05, 0) is 24.1 Å². The summed E-state index contributed by atoms with van der Waals surface area (Å²) < 4.78 is 23.2. The maximum atomic E-state index is 12.1. The molecule has 20 heavy (non-hydrogen) atoms. The van der Waals surface area contributed by atoms with Crippen LogP contribution in [0.3, 0.4) is 0 Å². The molecule has 0 unspecified atom stereocenters. The van der Waals surface area contributed by atoms with E-state index in [4.69, 9.17) is 11.6 Å². The van der Waals surface area contributed by atoms with Gasteiger partial charge in [0.1, 0.15) is 5.88 Å². The van der Waals surface area contributed by atoms with E-state index in [0.29, 0.717) is 0 Å². The van der Waals surface area contributed by atoms with Gasteiger partial charge in [-0.1, -0.05) is 25.1 Å². The summed E-state index contributed by atoms with van der Waals surface area (Å²) >= 11 is 5.68. The van der Waals surface area contributed by atoms with Crippen molar-refractivity contribution in [2.75, 3.05) is 16.5 Å². The van der Waals surface area contributed by atoms with Crippen molar-refractivity contribution in [2.24, 2.45) is 0 Å². The summed E-state index contributed by atoms with van der Waals surface area (Å²) in [6.07, 6.45) is 2.30. The quantitative estimate of drug-likeness (QED) is 0.800. The van der Waals surface area contributed by atoms with Gasteiger partial charge in [-0.25, -0.2) is 8.42 Å². The second-order valence-electron chi connectivity index (χ2n) is 4.61. The number of amides is 1. The number of aryl methyl sites for hydroxylation is 1. The highest BCUT2D eigenvalue weighted by molar-refractivity contribution is 7.94. The molecule has 0 spiro atoms. The van der Waals surface area contributed by atoms with E-state index in [1.165, 1.54) is 10.3 Å². The van der Waals surface area contributed by atoms with Crippen molar-refractivity contribution in [3.63, 3.8) is 0 Å². The van der Waals surface area contributed by atoms with Gasteiger partial charge >= 0.3 is 0 Å². The molecule has 0 radical (unpaired) electrons. The van der Waals surface area contributed by atoms with Crippen LogP contribution in [0.25, 0.3) is 0 Å². The molecule has 0 bridgehead atoms. The summed E-state index contributed by atoms with van der Waals surface area (Å²) in [7, 11) is -3.23. The zero-order chi connectivity index (χ0) is 14.8. The predicted molar refractivity (Wildman–Crippen MR) is 80.7 cm³/mol. The number of para-hydroxylation sites is 1. The number of nitrogens with zero attached hydrogens (tertiary/aromatic N) is 1. The maximum Gasteiger partial charge on any atom is 0.242 e. The first-order valence-electron chi connectivity index (χ1n) is 6.35. The number of anilines is 1. The molecule has 0 aliphatic carbocycles. The van der Waals surface area contributed by atoms with Gasteiger partial charge in [0.05, 0.1) is 11.8 Å². The van der Waals surface area contributed by atoms with Crippen LogP contribution in [-0.2, 0) is 21.1 Å². The Morgan fingerprint density at radius 2 is 2.10 bits per heavy atom. The predicted octanol–water partition coefficient (Wildman–Crippen LogP) is 2.13.